The molecule has 0 bridgehead atoms. The van der Waals surface area contributed by atoms with Crippen LogP contribution >= 0.6 is 0 Å². The van der Waals surface area contributed by atoms with E-state index in [0.29, 0.717) is 6.04 Å². The van der Waals surface area contributed by atoms with E-state index in [1.807, 2.05) is 0 Å². The molecule has 0 spiro atoms. The monoisotopic (exact) mass is 209 g/mol. The highest BCUT2D eigenvalue weighted by Crippen LogP contribution is 2.18. The van der Waals surface area contributed by atoms with Crippen LogP contribution < -0.4 is 10.6 Å². The average Bonchev–Trinajstić information content (AvgIpc) is 2.86. The summed E-state index contributed by atoms with van der Waals surface area (Å²) in [6, 6.07) is 0.305. The van der Waals surface area contributed by atoms with Crippen molar-refractivity contribution in [2.45, 2.75) is 18.9 Å². The quantitative estimate of drug-likeness (QED) is 0.580. The second-order valence-electron chi connectivity index (χ2n) is 3.36. The van der Waals surface area contributed by atoms with Gasteiger partial charge in [-0.1, -0.05) is 0 Å². The summed E-state index contributed by atoms with van der Waals surface area (Å²) in [5.41, 5.74) is 0. The first-order valence-corrected chi connectivity index (χ1v) is 4.68. The summed E-state index contributed by atoms with van der Waals surface area (Å²) in [5, 5.41) is 11.1. The largest absolute Gasteiger partial charge is 0.352 e. The summed E-state index contributed by atoms with van der Waals surface area (Å²) in [6.45, 7) is -0.0317. The summed E-state index contributed by atoms with van der Waals surface area (Å²) < 4.78 is 0. The maximum Gasteiger partial charge on any atom is 0.289 e. The zero-order chi connectivity index (χ0) is 10.7. The fraction of sp³-hybridized carbons (Fsp3) is 0.500. The zero-order valence-electron chi connectivity index (χ0n) is 7.99. The molecule has 0 radical (unpaired) electrons. The standard InChI is InChI=1S/C8H11N5O2/c14-6(12-5-1-2-5)3-9-8(15)7-10-4-11-13-7/h4-5H,1-3H2,(H,9,15)(H,12,14)(H,10,11,13). The summed E-state index contributed by atoms with van der Waals surface area (Å²) >= 11 is 0. The van der Waals surface area contributed by atoms with Gasteiger partial charge in [-0.3, -0.25) is 14.7 Å². The van der Waals surface area contributed by atoms with Gasteiger partial charge in [-0.05, 0) is 12.8 Å². The molecular weight excluding hydrogens is 198 g/mol. The van der Waals surface area contributed by atoms with Gasteiger partial charge in [-0.25, -0.2) is 4.98 Å². The average molecular weight is 209 g/mol. The first kappa shape index (κ1) is 9.63. The van der Waals surface area contributed by atoms with Gasteiger partial charge in [-0.2, -0.15) is 5.10 Å². The number of aromatic nitrogens is 3. The van der Waals surface area contributed by atoms with Crippen molar-refractivity contribution in [1.29, 1.82) is 0 Å². The first-order chi connectivity index (χ1) is 7.25. The van der Waals surface area contributed by atoms with Crippen LogP contribution in [0.2, 0.25) is 0 Å². The van der Waals surface area contributed by atoms with Gasteiger partial charge in [0.2, 0.25) is 11.7 Å². The Hall–Kier alpha value is -1.92. The van der Waals surface area contributed by atoms with E-state index in [-0.39, 0.29) is 18.3 Å². The molecule has 0 atom stereocenters. The van der Waals surface area contributed by atoms with E-state index in [1.54, 1.807) is 0 Å². The van der Waals surface area contributed by atoms with E-state index < -0.39 is 5.91 Å². The molecule has 0 aromatic carbocycles. The number of carbonyl (C=O) groups is 2. The van der Waals surface area contributed by atoms with Crippen LogP contribution in [0.15, 0.2) is 6.33 Å². The first-order valence-electron chi connectivity index (χ1n) is 4.68. The molecule has 15 heavy (non-hydrogen) atoms. The number of nitrogens with zero attached hydrogens (tertiary/aromatic N) is 2. The predicted molar refractivity (Wildman–Crippen MR) is 49.9 cm³/mol. The fourth-order valence-corrected chi connectivity index (χ4v) is 1.07. The number of amides is 2. The number of hydrogen-bond acceptors (Lipinski definition) is 4. The molecule has 1 aromatic rings. The van der Waals surface area contributed by atoms with Crippen LogP contribution in [0, 0.1) is 0 Å². The van der Waals surface area contributed by atoms with Crippen molar-refractivity contribution >= 4 is 11.8 Å². The van der Waals surface area contributed by atoms with Gasteiger partial charge in [0, 0.05) is 6.04 Å². The molecule has 1 aliphatic rings. The SMILES string of the molecule is O=C(CNC(=O)c1ncn[nH]1)NC1CC1. The van der Waals surface area contributed by atoms with Gasteiger partial charge < -0.3 is 10.6 Å². The highest BCUT2D eigenvalue weighted by Gasteiger charge is 2.23. The van der Waals surface area contributed by atoms with Gasteiger partial charge in [0.25, 0.3) is 5.91 Å². The smallest absolute Gasteiger partial charge is 0.289 e. The van der Waals surface area contributed by atoms with Crippen LogP contribution in [0.3, 0.4) is 0 Å². The maximum absolute atomic E-state index is 11.3. The van der Waals surface area contributed by atoms with Crippen molar-refractivity contribution in [3.05, 3.63) is 12.2 Å². The maximum atomic E-state index is 11.3. The van der Waals surface area contributed by atoms with Gasteiger partial charge in [-0.15, -0.1) is 0 Å². The minimum Gasteiger partial charge on any atom is -0.352 e. The van der Waals surface area contributed by atoms with E-state index in [9.17, 15) is 9.59 Å². The van der Waals surface area contributed by atoms with Gasteiger partial charge in [0.05, 0.1) is 6.54 Å². The molecule has 7 nitrogen and oxygen atoms in total. The summed E-state index contributed by atoms with van der Waals surface area (Å²) in [5.74, 6) is -0.502. The molecule has 0 unspecified atom stereocenters. The molecule has 0 aliphatic heterocycles. The van der Waals surface area contributed by atoms with Gasteiger partial charge in [0.1, 0.15) is 6.33 Å². The van der Waals surface area contributed by atoms with Gasteiger partial charge in [0.15, 0.2) is 0 Å². The molecule has 80 valence electrons. The molecule has 1 saturated carbocycles. The molecule has 1 aromatic heterocycles. The molecule has 7 heteroatoms. The molecule has 2 amide bonds. The summed E-state index contributed by atoms with van der Waals surface area (Å²) in [4.78, 5) is 26.1. The third-order valence-corrected chi connectivity index (χ3v) is 1.98. The molecule has 3 N–H and O–H groups in total. The molecule has 1 aliphatic carbocycles. The van der Waals surface area contributed by atoms with Crippen molar-refractivity contribution < 1.29 is 9.59 Å². The summed E-state index contributed by atoms with van der Waals surface area (Å²) in [6.07, 6.45) is 3.29. The van der Waals surface area contributed by atoms with E-state index in [2.05, 4.69) is 25.8 Å². The molecule has 0 saturated heterocycles. The fourth-order valence-electron chi connectivity index (χ4n) is 1.07. The van der Waals surface area contributed by atoms with Gasteiger partial charge >= 0.3 is 0 Å². The van der Waals surface area contributed by atoms with E-state index in [1.165, 1.54) is 6.33 Å². The predicted octanol–water partition coefficient (Wildman–Crippen LogP) is -1.19. The van der Waals surface area contributed by atoms with E-state index >= 15 is 0 Å². The Labute approximate surface area is 85.7 Å². The lowest BCUT2D eigenvalue weighted by Gasteiger charge is -2.03. The highest BCUT2D eigenvalue weighted by molar-refractivity contribution is 5.93. The Morgan fingerprint density at radius 1 is 1.53 bits per heavy atom. The Kier molecular flexibility index (Phi) is 2.61. The number of hydrogen-bond donors (Lipinski definition) is 3. The zero-order valence-corrected chi connectivity index (χ0v) is 7.99. The van der Waals surface area contributed by atoms with E-state index in [0.717, 1.165) is 12.8 Å². The molecule has 1 fully saturated rings. The van der Waals surface area contributed by atoms with Crippen LogP contribution in [0.1, 0.15) is 23.5 Å². The van der Waals surface area contributed by atoms with Crippen molar-refractivity contribution in [3.8, 4) is 0 Å². The van der Waals surface area contributed by atoms with E-state index in [4.69, 9.17) is 0 Å². The Morgan fingerprint density at radius 3 is 2.93 bits per heavy atom. The highest BCUT2D eigenvalue weighted by atomic mass is 16.2. The summed E-state index contributed by atoms with van der Waals surface area (Å²) in [7, 11) is 0. The lowest BCUT2D eigenvalue weighted by Crippen LogP contribution is -2.38. The van der Waals surface area contributed by atoms with Crippen LogP contribution in [-0.2, 0) is 4.79 Å². The number of rotatable bonds is 4. The normalized spacial score (nSPS) is 14.7. The van der Waals surface area contributed by atoms with Crippen LogP contribution in [0.4, 0.5) is 0 Å². The topological polar surface area (TPSA) is 99.8 Å². The molecular formula is C8H11N5O2. The Bertz CT molecular complexity index is 357. The second-order valence-corrected chi connectivity index (χ2v) is 3.36. The van der Waals surface area contributed by atoms with Crippen molar-refractivity contribution in [2.75, 3.05) is 6.54 Å². The number of aromatic amines is 1. The van der Waals surface area contributed by atoms with Crippen molar-refractivity contribution in [1.82, 2.24) is 25.8 Å². The Balaban J connectivity index is 1.72. The van der Waals surface area contributed by atoms with Crippen molar-refractivity contribution in [2.24, 2.45) is 0 Å². The number of carbonyl (C=O) groups excluding carboxylic acids is 2. The lowest BCUT2D eigenvalue weighted by molar-refractivity contribution is -0.120. The van der Waals surface area contributed by atoms with Crippen LogP contribution in [-0.4, -0.2) is 39.6 Å². The molecule has 1 heterocycles. The second kappa shape index (κ2) is 4.07. The lowest BCUT2D eigenvalue weighted by atomic mass is 10.5. The van der Waals surface area contributed by atoms with Crippen molar-refractivity contribution in [3.63, 3.8) is 0 Å². The minimum absolute atomic E-state index is 0.0317. The number of nitrogens with one attached hydrogen (secondary N) is 3. The third kappa shape index (κ3) is 2.76. The molecule has 2 rings (SSSR count). The van der Waals surface area contributed by atoms with Crippen LogP contribution in [0.5, 0.6) is 0 Å². The third-order valence-electron chi connectivity index (χ3n) is 1.98. The van der Waals surface area contributed by atoms with Crippen LogP contribution in [0.25, 0.3) is 0 Å². The Morgan fingerprint density at radius 2 is 2.33 bits per heavy atom. The minimum atomic E-state index is -0.432. The number of H-pyrrole nitrogens is 1.